The Hall–Kier alpha value is -5.09. The van der Waals surface area contributed by atoms with Gasteiger partial charge in [0.05, 0.1) is 46.9 Å². The van der Waals surface area contributed by atoms with Crippen LogP contribution in [0.1, 0.15) is 73.4 Å². The normalized spacial score (nSPS) is 14.4. The quantitative estimate of drug-likeness (QED) is 0.0557. The number of benzene rings is 3. The van der Waals surface area contributed by atoms with Crippen LogP contribution in [0.25, 0.3) is 0 Å². The van der Waals surface area contributed by atoms with Crippen LogP contribution in [0.4, 0.5) is 10.5 Å². The molecule has 3 aromatic rings. The van der Waals surface area contributed by atoms with E-state index in [9.17, 15) is 28.0 Å². The van der Waals surface area contributed by atoms with E-state index < -0.39 is 51.8 Å². The van der Waals surface area contributed by atoms with Gasteiger partial charge in [-0.25, -0.2) is 18.0 Å². The summed E-state index contributed by atoms with van der Waals surface area (Å²) < 4.78 is 39.2. The van der Waals surface area contributed by atoms with Crippen molar-refractivity contribution in [3.05, 3.63) is 99.2 Å². The van der Waals surface area contributed by atoms with Gasteiger partial charge in [-0.1, -0.05) is 41.9 Å². The monoisotopic (exact) mass is 744 g/mol. The number of anilines is 1. The molecule has 0 aliphatic carbocycles. The number of ether oxygens (including phenoxy) is 2. The van der Waals surface area contributed by atoms with Crippen LogP contribution in [0.5, 0.6) is 0 Å². The Bertz CT molecular complexity index is 1880. The van der Waals surface area contributed by atoms with Crippen LogP contribution in [0.3, 0.4) is 0 Å². The van der Waals surface area contributed by atoms with Crippen LogP contribution < -0.4 is 10.4 Å². The Kier molecular flexibility index (Phi) is 12.4. The number of carbonyl (C=O) groups excluding carboxylic acids is 3. The molecule has 274 valence electrons. The van der Waals surface area contributed by atoms with Gasteiger partial charge in [0.15, 0.2) is 0 Å². The number of halogens is 1. The third-order valence-corrected chi connectivity index (χ3v) is 9.84. The predicted molar refractivity (Wildman–Crippen MR) is 187 cm³/mol. The fraction of sp³-hybridized carbons (Fsp3) is 0.382. The molecule has 17 heteroatoms. The van der Waals surface area contributed by atoms with Crippen molar-refractivity contribution < 1.29 is 42.1 Å². The number of fused-ring (bicyclic) bond motifs is 1. The number of hydrazine groups is 2. The molecule has 51 heavy (non-hydrogen) atoms. The molecule has 1 aliphatic heterocycles. The third-order valence-electron chi connectivity index (χ3n) is 7.65. The SMILES string of the molecule is CCN(CC)[N+]([O-])=NOCOC(=O)c1ccc(CN(C(=O)OC(C)(C)C)S(=O)(=O)c2cc(C(=O)NN3c4ccccc4C[C@H]3C)ccc2Cl)cc1. The van der Waals surface area contributed by atoms with Crippen molar-refractivity contribution in [1.29, 1.82) is 0 Å². The fourth-order valence-electron chi connectivity index (χ4n) is 5.10. The molecule has 0 bridgehead atoms. The average molecular weight is 745 g/mol. The van der Waals surface area contributed by atoms with Crippen LogP contribution in [0.2, 0.25) is 5.02 Å². The maximum absolute atomic E-state index is 14.1. The van der Waals surface area contributed by atoms with Crippen LogP contribution in [-0.4, -0.2) is 72.2 Å². The Labute approximate surface area is 301 Å². The summed E-state index contributed by atoms with van der Waals surface area (Å²) in [6.07, 6.45) is -0.468. The molecule has 0 saturated carbocycles. The zero-order chi connectivity index (χ0) is 37.5. The summed E-state index contributed by atoms with van der Waals surface area (Å²) in [4.78, 5) is 43.9. The molecule has 0 unspecified atom stereocenters. The first-order valence-corrected chi connectivity index (χ1v) is 17.9. The molecule has 0 spiro atoms. The first-order chi connectivity index (χ1) is 24.0. The second-order valence-electron chi connectivity index (χ2n) is 12.5. The van der Waals surface area contributed by atoms with Crippen LogP contribution >= 0.6 is 11.6 Å². The highest BCUT2D eigenvalue weighted by Gasteiger charge is 2.36. The van der Waals surface area contributed by atoms with Crippen LogP contribution in [0.15, 0.2) is 76.9 Å². The molecule has 0 saturated heterocycles. The highest BCUT2D eigenvalue weighted by atomic mass is 35.5. The zero-order valence-electron chi connectivity index (χ0n) is 29.2. The summed E-state index contributed by atoms with van der Waals surface area (Å²) in [6.45, 7) is 9.89. The Morgan fingerprint density at radius 1 is 1.04 bits per heavy atom. The average Bonchev–Trinajstić information content (AvgIpc) is 3.39. The standard InChI is InChI=1S/C34H41ClN6O9S/c1-7-38(8-2)41(45)37-49-22-48-32(43)25-15-13-24(14-16-25)21-39(33(44)50-34(4,5)6)51(46,47)30-20-27(17-18-28(30)35)31(42)36-40-23(3)19-26-11-9-10-12-29(26)40/h9-18,20,23H,7-8,19,21-22H2,1-6H3,(H,36,42)/t23-/m1/s1. The van der Waals surface area contributed by atoms with Gasteiger partial charge >= 0.3 is 12.1 Å². The van der Waals surface area contributed by atoms with Gasteiger partial charge in [-0.05, 0) is 95.5 Å². The lowest BCUT2D eigenvalue weighted by Gasteiger charge is -2.28. The maximum Gasteiger partial charge on any atom is 0.424 e. The summed E-state index contributed by atoms with van der Waals surface area (Å²) in [7, 11) is -4.72. The third kappa shape index (κ3) is 9.58. The summed E-state index contributed by atoms with van der Waals surface area (Å²) in [5, 5.41) is 18.0. The fourth-order valence-corrected chi connectivity index (χ4v) is 6.89. The number of carbonyl (C=O) groups is 3. The van der Waals surface area contributed by atoms with E-state index in [2.05, 4.69) is 10.7 Å². The van der Waals surface area contributed by atoms with Gasteiger partial charge in [0, 0.05) is 5.56 Å². The van der Waals surface area contributed by atoms with Crippen LogP contribution in [-0.2, 0) is 37.3 Å². The lowest BCUT2D eigenvalue weighted by atomic mass is 10.1. The van der Waals surface area contributed by atoms with Crippen molar-refractivity contribution in [1.82, 2.24) is 14.7 Å². The molecular weight excluding hydrogens is 704 g/mol. The largest absolute Gasteiger partial charge is 0.569 e. The van der Waals surface area contributed by atoms with Gasteiger partial charge < -0.3 is 19.5 Å². The van der Waals surface area contributed by atoms with Crippen molar-refractivity contribution in [3.8, 4) is 0 Å². The molecule has 2 amide bonds. The van der Waals surface area contributed by atoms with Crippen molar-refractivity contribution in [2.45, 2.75) is 71.0 Å². The number of amides is 2. The minimum absolute atomic E-state index is 0.00523. The molecule has 1 N–H and O–H groups in total. The molecule has 15 nitrogen and oxygen atoms in total. The van der Waals surface area contributed by atoms with E-state index >= 15 is 0 Å². The minimum atomic E-state index is -4.72. The first-order valence-electron chi connectivity index (χ1n) is 16.1. The van der Waals surface area contributed by atoms with Crippen molar-refractivity contribution >= 4 is 45.3 Å². The molecule has 0 radical (unpaired) electrons. The number of hydrogen-bond donors (Lipinski definition) is 1. The molecule has 3 aromatic carbocycles. The Morgan fingerprint density at radius 2 is 1.69 bits per heavy atom. The molecule has 0 fully saturated rings. The van der Waals surface area contributed by atoms with Gasteiger partial charge in [-0.15, -0.1) is 5.01 Å². The van der Waals surface area contributed by atoms with Gasteiger partial charge in [0.1, 0.15) is 10.5 Å². The lowest BCUT2D eigenvalue weighted by Crippen LogP contribution is -2.45. The Balaban J connectivity index is 1.54. The van der Waals surface area contributed by atoms with E-state index in [1.54, 1.807) is 39.6 Å². The predicted octanol–water partition coefficient (Wildman–Crippen LogP) is 5.83. The molecular formula is C34H41ClN6O9S. The number of sulfonamides is 1. The number of nitrogens with one attached hydrogen (secondary N) is 1. The summed E-state index contributed by atoms with van der Waals surface area (Å²) in [6, 6.07) is 16.9. The highest BCUT2D eigenvalue weighted by Crippen LogP contribution is 2.32. The van der Waals surface area contributed by atoms with Gasteiger partial charge in [-0.2, -0.15) is 4.31 Å². The zero-order valence-corrected chi connectivity index (χ0v) is 30.7. The van der Waals surface area contributed by atoms with Crippen molar-refractivity contribution in [2.24, 2.45) is 5.28 Å². The van der Waals surface area contributed by atoms with E-state index in [4.69, 9.17) is 25.9 Å². The minimum Gasteiger partial charge on any atom is -0.569 e. The number of rotatable bonds is 13. The van der Waals surface area contributed by atoms with Crippen LogP contribution in [0, 0.1) is 5.21 Å². The second-order valence-corrected chi connectivity index (χ2v) is 14.7. The van der Waals surface area contributed by atoms with Gasteiger partial charge in [0.2, 0.25) is 5.28 Å². The Morgan fingerprint density at radius 3 is 2.33 bits per heavy atom. The van der Waals surface area contributed by atoms with Crippen molar-refractivity contribution in [2.75, 3.05) is 24.9 Å². The smallest absolute Gasteiger partial charge is 0.424 e. The second kappa shape index (κ2) is 16.3. The van der Waals surface area contributed by atoms with E-state index in [-0.39, 0.29) is 27.2 Å². The van der Waals surface area contributed by atoms with Gasteiger partial charge in [0.25, 0.3) is 22.7 Å². The maximum atomic E-state index is 14.1. The summed E-state index contributed by atoms with van der Waals surface area (Å²) in [5.74, 6) is -1.38. The number of para-hydroxylation sites is 1. The first kappa shape index (κ1) is 38.7. The molecule has 1 aliphatic rings. The molecule has 1 atom stereocenters. The van der Waals surface area contributed by atoms with E-state index in [0.717, 1.165) is 17.3 Å². The highest BCUT2D eigenvalue weighted by molar-refractivity contribution is 7.89. The molecule has 4 rings (SSSR count). The summed E-state index contributed by atoms with van der Waals surface area (Å²) >= 11 is 6.40. The molecule has 1 heterocycles. The number of esters is 1. The van der Waals surface area contributed by atoms with E-state index in [1.807, 2.05) is 31.2 Å². The van der Waals surface area contributed by atoms with Gasteiger partial charge in [-0.3, -0.25) is 15.2 Å². The van der Waals surface area contributed by atoms with Crippen molar-refractivity contribution in [3.63, 3.8) is 0 Å². The number of hydrogen-bond acceptors (Lipinski definition) is 11. The topological polar surface area (TPSA) is 173 Å². The summed E-state index contributed by atoms with van der Waals surface area (Å²) in [5.41, 5.74) is 4.06. The lowest BCUT2D eigenvalue weighted by molar-refractivity contribution is -0.710. The molecule has 0 aromatic heterocycles. The van der Waals surface area contributed by atoms with E-state index in [1.165, 1.54) is 41.4 Å². The number of nitrogens with zero attached hydrogens (tertiary/aromatic N) is 5. The van der Waals surface area contributed by atoms with E-state index in [0.29, 0.717) is 29.4 Å².